The first-order chi connectivity index (χ1) is 12.1. The van der Waals surface area contributed by atoms with E-state index in [1.165, 1.54) is 25.7 Å². The maximum Gasteiger partial charge on any atom is 0.271 e. The van der Waals surface area contributed by atoms with E-state index in [-0.39, 0.29) is 11.0 Å². The molecule has 2 aromatic carbocycles. The first kappa shape index (κ1) is 16.7. The van der Waals surface area contributed by atoms with Crippen molar-refractivity contribution < 1.29 is 13.9 Å². The molecule has 1 heterocycles. The molecule has 0 radical (unpaired) electrons. The number of nitrogens with zero attached hydrogens (tertiary/aromatic N) is 1. The Labute approximate surface area is 147 Å². The van der Waals surface area contributed by atoms with Crippen LogP contribution in [-0.2, 0) is 0 Å². The van der Waals surface area contributed by atoms with Crippen molar-refractivity contribution in [2.75, 3.05) is 7.11 Å². The van der Waals surface area contributed by atoms with E-state index >= 15 is 0 Å². The molecule has 1 amide bonds. The fraction of sp³-hybridized carbons (Fsp3) is 0.0556. The Kier molecular flexibility index (Phi) is 4.81. The van der Waals surface area contributed by atoms with Gasteiger partial charge in [-0.25, -0.2) is 5.43 Å². The molecule has 3 aromatic rings. The van der Waals surface area contributed by atoms with Gasteiger partial charge >= 0.3 is 0 Å². The Morgan fingerprint density at radius 3 is 2.92 bits per heavy atom. The third kappa shape index (κ3) is 3.70. The Hall–Kier alpha value is -3.12. The smallest absolute Gasteiger partial charge is 0.271 e. The molecule has 0 unspecified atom stereocenters. The van der Waals surface area contributed by atoms with E-state index in [1.807, 2.05) is 0 Å². The second-order valence-electron chi connectivity index (χ2n) is 5.09. The van der Waals surface area contributed by atoms with Gasteiger partial charge in [-0.3, -0.25) is 9.59 Å². The Morgan fingerprint density at radius 1 is 1.28 bits per heavy atom. The van der Waals surface area contributed by atoms with Gasteiger partial charge in [0, 0.05) is 10.6 Å². The Balaban J connectivity index is 1.80. The van der Waals surface area contributed by atoms with Crippen molar-refractivity contribution in [1.29, 1.82) is 0 Å². The lowest BCUT2D eigenvalue weighted by atomic mass is 10.2. The largest absolute Gasteiger partial charge is 0.497 e. The maximum absolute atomic E-state index is 12.4. The first-order valence-electron chi connectivity index (χ1n) is 7.27. The minimum absolute atomic E-state index is 0.195. The van der Waals surface area contributed by atoms with Crippen LogP contribution in [0.4, 0.5) is 0 Å². The predicted molar refractivity (Wildman–Crippen MR) is 95.5 cm³/mol. The van der Waals surface area contributed by atoms with Crippen LogP contribution < -0.4 is 15.6 Å². The molecule has 126 valence electrons. The number of hydrogen-bond donors (Lipinski definition) is 1. The van der Waals surface area contributed by atoms with Crippen LogP contribution in [0.2, 0.25) is 5.02 Å². The summed E-state index contributed by atoms with van der Waals surface area (Å²) >= 11 is 5.90. The molecule has 0 aliphatic heterocycles. The lowest BCUT2D eigenvalue weighted by molar-refractivity contribution is 0.0955. The van der Waals surface area contributed by atoms with Crippen LogP contribution in [0, 0.1) is 0 Å². The summed E-state index contributed by atoms with van der Waals surface area (Å²) in [5, 5.41) is 4.58. The van der Waals surface area contributed by atoms with Crippen molar-refractivity contribution in [3.05, 3.63) is 75.1 Å². The van der Waals surface area contributed by atoms with Gasteiger partial charge in [0.1, 0.15) is 17.6 Å². The molecule has 0 aliphatic carbocycles. The zero-order chi connectivity index (χ0) is 17.8. The van der Waals surface area contributed by atoms with Gasteiger partial charge in [-0.2, -0.15) is 5.10 Å². The number of amides is 1. The summed E-state index contributed by atoms with van der Waals surface area (Å²) in [6.07, 6.45) is 2.50. The molecular formula is C18H13ClN2O4. The summed E-state index contributed by atoms with van der Waals surface area (Å²) in [6.45, 7) is 0. The van der Waals surface area contributed by atoms with E-state index in [1.54, 1.807) is 36.4 Å². The molecule has 1 N–H and O–H groups in total. The highest BCUT2D eigenvalue weighted by Gasteiger charge is 2.07. The van der Waals surface area contributed by atoms with Gasteiger partial charge in [0.25, 0.3) is 5.91 Å². The number of carbonyl (C=O) groups is 1. The van der Waals surface area contributed by atoms with E-state index in [0.29, 0.717) is 27.3 Å². The standard InChI is InChI=1S/C18H13ClN2O4/c1-24-14-4-2-3-11(7-14)18(23)21-20-9-12-10-25-16-6-5-13(19)8-15(16)17(12)22/h2-10H,1H3,(H,21,23)/b20-9-. The molecule has 0 aliphatic rings. The third-order valence-electron chi connectivity index (χ3n) is 3.46. The van der Waals surface area contributed by atoms with Gasteiger partial charge in [0.2, 0.25) is 5.43 Å². The molecule has 0 atom stereocenters. The molecule has 6 nitrogen and oxygen atoms in total. The number of benzene rings is 2. The van der Waals surface area contributed by atoms with Crippen molar-refractivity contribution >= 4 is 34.7 Å². The minimum Gasteiger partial charge on any atom is -0.497 e. The Morgan fingerprint density at radius 2 is 2.12 bits per heavy atom. The number of nitrogens with one attached hydrogen (secondary N) is 1. The lowest BCUT2D eigenvalue weighted by Crippen LogP contribution is -2.18. The van der Waals surface area contributed by atoms with Crippen LogP contribution in [0.15, 0.2) is 63.0 Å². The monoisotopic (exact) mass is 356 g/mol. The number of halogens is 1. The third-order valence-corrected chi connectivity index (χ3v) is 3.70. The molecular weight excluding hydrogens is 344 g/mol. The van der Waals surface area contributed by atoms with Crippen molar-refractivity contribution in [2.45, 2.75) is 0 Å². The highest BCUT2D eigenvalue weighted by molar-refractivity contribution is 6.31. The van der Waals surface area contributed by atoms with Gasteiger partial charge in [-0.15, -0.1) is 0 Å². The van der Waals surface area contributed by atoms with E-state index < -0.39 is 5.91 Å². The average Bonchev–Trinajstić information content (AvgIpc) is 2.64. The zero-order valence-corrected chi connectivity index (χ0v) is 13.9. The second kappa shape index (κ2) is 7.19. The van der Waals surface area contributed by atoms with E-state index in [9.17, 15) is 9.59 Å². The summed E-state index contributed by atoms with van der Waals surface area (Å²) in [5.41, 5.74) is 3.07. The van der Waals surface area contributed by atoms with Crippen molar-refractivity contribution in [3.63, 3.8) is 0 Å². The molecule has 0 bridgehead atoms. The van der Waals surface area contributed by atoms with Gasteiger partial charge in [0.05, 0.1) is 24.3 Å². The number of hydrazone groups is 1. The van der Waals surface area contributed by atoms with E-state index in [0.717, 1.165) is 0 Å². The molecule has 0 saturated heterocycles. The second-order valence-corrected chi connectivity index (χ2v) is 5.53. The summed E-state index contributed by atoms with van der Waals surface area (Å²) in [5.74, 6) is 0.132. The van der Waals surface area contributed by atoms with Crippen molar-refractivity contribution in [3.8, 4) is 5.75 Å². The number of rotatable bonds is 4. The van der Waals surface area contributed by atoms with Gasteiger partial charge in [0.15, 0.2) is 0 Å². The zero-order valence-electron chi connectivity index (χ0n) is 13.2. The van der Waals surface area contributed by atoms with Gasteiger partial charge < -0.3 is 9.15 Å². The van der Waals surface area contributed by atoms with E-state index in [2.05, 4.69) is 10.5 Å². The number of ether oxygens (including phenoxy) is 1. The van der Waals surface area contributed by atoms with Crippen LogP contribution >= 0.6 is 11.6 Å². The average molecular weight is 357 g/mol. The molecule has 0 fully saturated rings. The van der Waals surface area contributed by atoms with E-state index in [4.69, 9.17) is 20.8 Å². The summed E-state index contributed by atoms with van der Waals surface area (Å²) < 4.78 is 10.4. The Bertz CT molecular complexity index is 1030. The fourth-order valence-corrected chi connectivity index (χ4v) is 2.37. The number of fused-ring (bicyclic) bond motifs is 1. The van der Waals surface area contributed by atoms with Crippen LogP contribution in [0.25, 0.3) is 11.0 Å². The fourth-order valence-electron chi connectivity index (χ4n) is 2.20. The maximum atomic E-state index is 12.4. The van der Waals surface area contributed by atoms with Gasteiger partial charge in [-0.1, -0.05) is 17.7 Å². The first-order valence-corrected chi connectivity index (χ1v) is 7.65. The molecule has 0 saturated carbocycles. The summed E-state index contributed by atoms with van der Waals surface area (Å²) in [4.78, 5) is 24.4. The molecule has 1 aromatic heterocycles. The quantitative estimate of drug-likeness (QED) is 0.575. The van der Waals surface area contributed by atoms with Crippen LogP contribution in [0.5, 0.6) is 5.75 Å². The van der Waals surface area contributed by atoms with Crippen LogP contribution in [-0.4, -0.2) is 19.2 Å². The van der Waals surface area contributed by atoms with Crippen LogP contribution in [0.3, 0.4) is 0 Å². The minimum atomic E-state index is -0.427. The van der Waals surface area contributed by atoms with Crippen molar-refractivity contribution in [1.82, 2.24) is 5.43 Å². The van der Waals surface area contributed by atoms with Crippen molar-refractivity contribution in [2.24, 2.45) is 5.10 Å². The SMILES string of the molecule is COc1cccc(C(=O)N/N=C\c2coc3ccc(Cl)cc3c2=O)c1. The molecule has 7 heteroatoms. The number of hydrogen-bond acceptors (Lipinski definition) is 5. The molecule has 25 heavy (non-hydrogen) atoms. The predicted octanol–water partition coefficient (Wildman–Crippen LogP) is 3.22. The van der Waals surface area contributed by atoms with Crippen LogP contribution in [0.1, 0.15) is 15.9 Å². The molecule has 3 rings (SSSR count). The highest BCUT2D eigenvalue weighted by atomic mass is 35.5. The number of methoxy groups -OCH3 is 1. The normalized spacial score (nSPS) is 11.0. The summed E-state index contributed by atoms with van der Waals surface area (Å²) in [6, 6.07) is 11.4. The molecule has 0 spiro atoms. The lowest BCUT2D eigenvalue weighted by Gasteiger charge is -2.03. The van der Waals surface area contributed by atoms with Gasteiger partial charge in [-0.05, 0) is 36.4 Å². The highest BCUT2D eigenvalue weighted by Crippen LogP contribution is 2.16. The number of carbonyl (C=O) groups excluding carboxylic acids is 1. The topological polar surface area (TPSA) is 80.9 Å². The summed E-state index contributed by atoms with van der Waals surface area (Å²) in [7, 11) is 1.51.